The van der Waals surface area contributed by atoms with Gasteiger partial charge in [-0.05, 0) is 24.6 Å². The van der Waals surface area contributed by atoms with Gasteiger partial charge in [-0.1, -0.05) is 37.4 Å². The van der Waals surface area contributed by atoms with Gasteiger partial charge in [-0.15, -0.1) is 0 Å². The fraction of sp³-hybridized carbons (Fsp3) is 0.417. The van der Waals surface area contributed by atoms with Crippen molar-refractivity contribution in [2.24, 2.45) is 0 Å². The molecule has 0 atom stereocenters. The molecule has 0 aliphatic heterocycles. The standard InChI is InChI=1S/C12H16ClNO/c1-2-3-4-8-12(15)14-11-7-5-6-10(13)9-11/h5-7,9H,2-4,8H2,1H3,(H,14,15). The average Bonchev–Trinajstić information content (AvgIpc) is 2.18. The van der Waals surface area contributed by atoms with Crippen LogP contribution in [0, 0.1) is 0 Å². The molecule has 0 radical (unpaired) electrons. The first-order chi connectivity index (χ1) is 7.22. The van der Waals surface area contributed by atoms with Crippen LogP contribution in [0.2, 0.25) is 5.02 Å². The maximum Gasteiger partial charge on any atom is 0.224 e. The summed E-state index contributed by atoms with van der Waals surface area (Å²) < 4.78 is 0. The third-order valence-corrected chi connectivity index (χ3v) is 2.35. The van der Waals surface area contributed by atoms with Gasteiger partial charge < -0.3 is 5.32 Å². The first-order valence-corrected chi connectivity index (χ1v) is 5.65. The smallest absolute Gasteiger partial charge is 0.224 e. The molecule has 0 aliphatic rings. The van der Waals surface area contributed by atoms with Gasteiger partial charge in [0.25, 0.3) is 0 Å². The zero-order valence-electron chi connectivity index (χ0n) is 8.92. The van der Waals surface area contributed by atoms with Crippen LogP contribution < -0.4 is 5.32 Å². The lowest BCUT2D eigenvalue weighted by molar-refractivity contribution is -0.116. The second-order valence-corrected chi connectivity index (χ2v) is 3.95. The predicted molar refractivity (Wildman–Crippen MR) is 64.2 cm³/mol. The number of amides is 1. The summed E-state index contributed by atoms with van der Waals surface area (Å²) in [6.45, 7) is 2.12. The van der Waals surface area contributed by atoms with E-state index < -0.39 is 0 Å². The van der Waals surface area contributed by atoms with Crippen LogP contribution in [-0.4, -0.2) is 5.91 Å². The Morgan fingerprint density at radius 3 is 2.87 bits per heavy atom. The maximum atomic E-state index is 11.4. The number of anilines is 1. The molecule has 15 heavy (non-hydrogen) atoms. The molecule has 1 amide bonds. The van der Waals surface area contributed by atoms with E-state index in [1.165, 1.54) is 0 Å². The molecule has 0 unspecified atom stereocenters. The lowest BCUT2D eigenvalue weighted by Crippen LogP contribution is -2.10. The minimum Gasteiger partial charge on any atom is -0.326 e. The molecule has 0 saturated heterocycles. The van der Waals surface area contributed by atoms with Crippen molar-refractivity contribution in [3.05, 3.63) is 29.3 Å². The van der Waals surface area contributed by atoms with Gasteiger partial charge in [0.2, 0.25) is 5.91 Å². The minimum atomic E-state index is 0.0608. The highest BCUT2D eigenvalue weighted by atomic mass is 35.5. The first-order valence-electron chi connectivity index (χ1n) is 5.28. The molecule has 0 aliphatic carbocycles. The number of carbonyl (C=O) groups excluding carboxylic acids is 1. The number of hydrogen-bond acceptors (Lipinski definition) is 1. The zero-order chi connectivity index (χ0) is 11.1. The van der Waals surface area contributed by atoms with Crippen molar-refractivity contribution in [3.8, 4) is 0 Å². The Hall–Kier alpha value is -1.02. The van der Waals surface area contributed by atoms with Crippen LogP contribution in [0.4, 0.5) is 5.69 Å². The van der Waals surface area contributed by atoms with Crippen molar-refractivity contribution in [2.75, 3.05) is 5.32 Å². The Bertz CT molecular complexity index is 325. The van der Waals surface area contributed by atoms with Gasteiger partial charge in [0.15, 0.2) is 0 Å². The molecule has 3 heteroatoms. The molecule has 1 aromatic carbocycles. The summed E-state index contributed by atoms with van der Waals surface area (Å²) in [7, 11) is 0. The van der Waals surface area contributed by atoms with E-state index >= 15 is 0 Å². The van der Waals surface area contributed by atoms with Crippen molar-refractivity contribution < 1.29 is 4.79 Å². The quantitative estimate of drug-likeness (QED) is 0.758. The van der Waals surface area contributed by atoms with Gasteiger partial charge in [-0.3, -0.25) is 4.79 Å². The average molecular weight is 226 g/mol. The maximum absolute atomic E-state index is 11.4. The molecule has 1 rings (SSSR count). The zero-order valence-corrected chi connectivity index (χ0v) is 9.68. The summed E-state index contributed by atoms with van der Waals surface area (Å²) in [5, 5.41) is 3.46. The highest BCUT2D eigenvalue weighted by molar-refractivity contribution is 6.30. The molecule has 1 aromatic rings. The summed E-state index contributed by atoms with van der Waals surface area (Å²) in [6, 6.07) is 7.20. The molecule has 82 valence electrons. The van der Waals surface area contributed by atoms with Crippen molar-refractivity contribution in [2.45, 2.75) is 32.6 Å². The van der Waals surface area contributed by atoms with Crippen molar-refractivity contribution in [1.82, 2.24) is 0 Å². The fourth-order valence-corrected chi connectivity index (χ4v) is 1.52. The van der Waals surface area contributed by atoms with Gasteiger partial charge in [0.1, 0.15) is 0 Å². The first kappa shape index (κ1) is 12.1. The Morgan fingerprint density at radius 2 is 2.20 bits per heavy atom. The van der Waals surface area contributed by atoms with E-state index in [4.69, 9.17) is 11.6 Å². The van der Waals surface area contributed by atoms with Crippen molar-refractivity contribution in [1.29, 1.82) is 0 Å². The molecule has 0 fully saturated rings. The minimum absolute atomic E-state index is 0.0608. The van der Waals surface area contributed by atoms with Crippen LogP contribution in [0.5, 0.6) is 0 Å². The van der Waals surface area contributed by atoms with Crippen LogP contribution in [0.25, 0.3) is 0 Å². The van der Waals surface area contributed by atoms with E-state index in [1.807, 2.05) is 12.1 Å². The van der Waals surface area contributed by atoms with E-state index in [0.29, 0.717) is 11.4 Å². The van der Waals surface area contributed by atoms with E-state index in [1.54, 1.807) is 12.1 Å². The summed E-state index contributed by atoms with van der Waals surface area (Å²) in [6.07, 6.45) is 3.76. The molecule has 0 saturated carbocycles. The SMILES string of the molecule is CCCCCC(=O)Nc1cccc(Cl)c1. The molecule has 0 spiro atoms. The third-order valence-electron chi connectivity index (χ3n) is 2.12. The lowest BCUT2D eigenvalue weighted by Gasteiger charge is -2.04. The lowest BCUT2D eigenvalue weighted by atomic mass is 10.2. The normalized spacial score (nSPS) is 10.0. The summed E-state index contributed by atoms with van der Waals surface area (Å²) >= 11 is 5.80. The predicted octanol–water partition coefficient (Wildman–Crippen LogP) is 3.86. The molecule has 0 aromatic heterocycles. The van der Waals surface area contributed by atoms with Crippen LogP contribution in [0.3, 0.4) is 0 Å². The van der Waals surface area contributed by atoms with E-state index in [-0.39, 0.29) is 5.91 Å². The number of halogens is 1. The van der Waals surface area contributed by atoms with Crippen molar-refractivity contribution >= 4 is 23.2 Å². The number of rotatable bonds is 5. The van der Waals surface area contributed by atoms with E-state index in [0.717, 1.165) is 24.9 Å². The molecule has 0 heterocycles. The van der Waals surface area contributed by atoms with Crippen molar-refractivity contribution in [3.63, 3.8) is 0 Å². The number of unbranched alkanes of at least 4 members (excludes halogenated alkanes) is 2. The molecule has 2 nitrogen and oxygen atoms in total. The Labute approximate surface area is 95.6 Å². The topological polar surface area (TPSA) is 29.1 Å². The Balaban J connectivity index is 2.37. The largest absolute Gasteiger partial charge is 0.326 e. The monoisotopic (exact) mass is 225 g/mol. The second-order valence-electron chi connectivity index (χ2n) is 3.52. The number of nitrogens with one attached hydrogen (secondary N) is 1. The van der Waals surface area contributed by atoms with E-state index in [9.17, 15) is 4.79 Å². The molecular formula is C12H16ClNO. The van der Waals surface area contributed by atoms with Gasteiger partial charge in [-0.2, -0.15) is 0 Å². The highest BCUT2D eigenvalue weighted by Crippen LogP contribution is 2.15. The van der Waals surface area contributed by atoms with Crippen LogP contribution in [0.1, 0.15) is 32.6 Å². The van der Waals surface area contributed by atoms with Crippen LogP contribution >= 0.6 is 11.6 Å². The van der Waals surface area contributed by atoms with E-state index in [2.05, 4.69) is 12.2 Å². The highest BCUT2D eigenvalue weighted by Gasteiger charge is 2.01. The van der Waals surface area contributed by atoms with Gasteiger partial charge in [-0.25, -0.2) is 0 Å². The molecule has 0 bridgehead atoms. The molecular weight excluding hydrogens is 210 g/mol. The van der Waals surface area contributed by atoms with Crippen LogP contribution in [-0.2, 0) is 4.79 Å². The van der Waals surface area contributed by atoms with Gasteiger partial charge in [0, 0.05) is 17.1 Å². The molecule has 1 N–H and O–H groups in total. The Morgan fingerprint density at radius 1 is 1.40 bits per heavy atom. The summed E-state index contributed by atoms with van der Waals surface area (Å²) in [5.41, 5.74) is 0.768. The Kier molecular flexibility index (Phi) is 5.19. The van der Waals surface area contributed by atoms with Gasteiger partial charge >= 0.3 is 0 Å². The number of benzene rings is 1. The fourth-order valence-electron chi connectivity index (χ4n) is 1.33. The third kappa shape index (κ3) is 4.84. The summed E-state index contributed by atoms with van der Waals surface area (Å²) in [5.74, 6) is 0.0608. The summed E-state index contributed by atoms with van der Waals surface area (Å²) in [4.78, 5) is 11.4. The second kappa shape index (κ2) is 6.46. The van der Waals surface area contributed by atoms with Crippen LogP contribution in [0.15, 0.2) is 24.3 Å². The number of hydrogen-bond donors (Lipinski definition) is 1. The van der Waals surface area contributed by atoms with Gasteiger partial charge in [0.05, 0.1) is 0 Å². The number of carbonyl (C=O) groups is 1.